The zero-order valence-electron chi connectivity index (χ0n) is 9.97. The second kappa shape index (κ2) is 4.28. The van der Waals surface area contributed by atoms with Crippen LogP contribution in [0.4, 0.5) is 14.5 Å². The molecule has 0 spiro atoms. The molecule has 1 rings (SSSR count). The number of ether oxygens (including phenoxy) is 1. The molecule has 0 aromatic heterocycles. The molecule has 1 unspecified atom stereocenters. The Bertz CT molecular complexity index is 385. The van der Waals surface area contributed by atoms with Crippen LogP contribution in [0.2, 0.25) is 0 Å². The van der Waals surface area contributed by atoms with Gasteiger partial charge in [0, 0.05) is 0 Å². The zero-order valence-corrected chi connectivity index (χ0v) is 9.97. The number of hydrogen-bond donors (Lipinski definition) is 1. The van der Waals surface area contributed by atoms with E-state index in [0.717, 1.165) is 6.07 Å². The lowest BCUT2D eigenvalue weighted by atomic mass is 9.90. The molecule has 1 aromatic rings. The second-order valence-corrected chi connectivity index (χ2v) is 4.91. The van der Waals surface area contributed by atoms with Gasteiger partial charge in [-0.15, -0.1) is 0 Å². The maximum absolute atomic E-state index is 13.4. The van der Waals surface area contributed by atoms with Crippen molar-refractivity contribution in [3.8, 4) is 5.75 Å². The van der Waals surface area contributed by atoms with E-state index in [-0.39, 0.29) is 23.0 Å². The van der Waals surface area contributed by atoms with Gasteiger partial charge in [-0.25, -0.2) is 4.39 Å². The first kappa shape index (κ1) is 12.7. The molecule has 0 saturated carbocycles. The van der Waals surface area contributed by atoms with E-state index in [0.29, 0.717) is 0 Å². The van der Waals surface area contributed by atoms with E-state index in [9.17, 15) is 8.78 Å². The Morgan fingerprint density at radius 2 is 1.81 bits per heavy atom. The number of hydrogen-bond acceptors (Lipinski definition) is 2. The third-order valence-corrected chi connectivity index (χ3v) is 2.59. The average molecular weight is 229 g/mol. The predicted molar refractivity (Wildman–Crippen MR) is 60.3 cm³/mol. The van der Waals surface area contributed by atoms with Gasteiger partial charge in [-0.3, -0.25) is 0 Å². The van der Waals surface area contributed by atoms with Crippen LogP contribution in [0.25, 0.3) is 0 Å². The fraction of sp³-hybridized carbons (Fsp3) is 0.500. The zero-order chi connectivity index (χ0) is 12.5. The molecule has 0 aliphatic rings. The Morgan fingerprint density at radius 1 is 1.25 bits per heavy atom. The normalized spacial score (nSPS) is 13.6. The van der Waals surface area contributed by atoms with Crippen molar-refractivity contribution in [1.29, 1.82) is 0 Å². The van der Waals surface area contributed by atoms with Gasteiger partial charge in [0.2, 0.25) is 5.82 Å². The van der Waals surface area contributed by atoms with E-state index in [1.807, 2.05) is 20.8 Å². The van der Waals surface area contributed by atoms with E-state index in [1.165, 1.54) is 6.07 Å². The van der Waals surface area contributed by atoms with Crippen molar-refractivity contribution >= 4 is 5.69 Å². The molecular formula is C12H17F2NO. The third-order valence-electron chi connectivity index (χ3n) is 2.59. The first-order valence-corrected chi connectivity index (χ1v) is 5.13. The van der Waals surface area contributed by atoms with Crippen LogP contribution in [0.3, 0.4) is 0 Å². The van der Waals surface area contributed by atoms with E-state index in [1.54, 1.807) is 6.92 Å². The highest BCUT2D eigenvalue weighted by atomic mass is 19.2. The smallest absolute Gasteiger partial charge is 0.202 e. The predicted octanol–water partition coefficient (Wildman–Crippen LogP) is 3.36. The van der Waals surface area contributed by atoms with Gasteiger partial charge in [0.25, 0.3) is 0 Å². The lowest BCUT2D eigenvalue weighted by Gasteiger charge is -2.28. The van der Waals surface area contributed by atoms with Gasteiger partial charge in [0.15, 0.2) is 11.6 Å². The van der Waals surface area contributed by atoms with Gasteiger partial charge < -0.3 is 10.5 Å². The summed E-state index contributed by atoms with van der Waals surface area (Å²) in [6.07, 6.45) is -0.272. The number of anilines is 1. The van der Waals surface area contributed by atoms with Crippen LogP contribution < -0.4 is 10.5 Å². The Kier molecular flexibility index (Phi) is 3.41. The first-order valence-electron chi connectivity index (χ1n) is 5.13. The molecule has 0 aliphatic carbocycles. The molecule has 0 fully saturated rings. The second-order valence-electron chi connectivity index (χ2n) is 4.91. The van der Waals surface area contributed by atoms with E-state index in [4.69, 9.17) is 10.5 Å². The minimum absolute atomic E-state index is 0.106. The van der Waals surface area contributed by atoms with Crippen molar-refractivity contribution in [2.45, 2.75) is 33.8 Å². The van der Waals surface area contributed by atoms with E-state index < -0.39 is 11.6 Å². The quantitative estimate of drug-likeness (QED) is 0.789. The van der Waals surface area contributed by atoms with Gasteiger partial charge in [-0.05, 0) is 24.5 Å². The van der Waals surface area contributed by atoms with Crippen LogP contribution in [0.5, 0.6) is 5.75 Å². The summed E-state index contributed by atoms with van der Waals surface area (Å²) in [5, 5.41) is 0. The summed E-state index contributed by atoms with van der Waals surface area (Å²) >= 11 is 0. The topological polar surface area (TPSA) is 35.2 Å². The summed E-state index contributed by atoms with van der Waals surface area (Å²) in [5.74, 6) is -2.19. The Morgan fingerprint density at radius 3 is 2.31 bits per heavy atom. The molecule has 4 heteroatoms. The van der Waals surface area contributed by atoms with Crippen molar-refractivity contribution in [3.63, 3.8) is 0 Å². The van der Waals surface area contributed by atoms with Crippen LogP contribution in [0, 0.1) is 17.0 Å². The average Bonchev–Trinajstić information content (AvgIpc) is 2.17. The lowest BCUT2D eigenvalue weighted by molar-refractivity contribution is 0.0989. The van der Waals surface area contributed by atoms with Gasteiger partial charge >= 0.3 is 0 Å². The molecule has 0 saturated heterocycles. The summed E-state index contributed by atoms with van der Waals surface area (Å²) in [4.78, 5) is 0. The van der Waals surface area contributed by atoms with Gasteiger partial charge in [0.1, 0.15) is 6.10 Å². The molecule has 0 radical (unpaired) electrons. The molecule has 0 bridgehead atoms. The number of rotatable bonds is 2. The highest BCUT2D eigenvalue weighted by molar-refractivity contribution is 5.53. The summed E-state index contributed by atoms with van der Waals surface area (Å²) in [6, 6.07) is 2.28. The van der Waals surface area contributed by atoms with Crippen LogP contribution in [0.15, 0.2) is 12.1 Å². The minimum Gasteiger partial charge on any atom is -0.485 e. The largest absolute Gasteiger partial charge is 0.485 e. The first-order chi connectivity index (χ1) is 7.23. The van der Waals surface area contributed by atoms with E-state index >= 15 is 0 Å². The van der Waals surface area contributed by atoms with Gasteiger partial charge in [-0.2, -0.15) is 4.39 Å². The lowest BCUT2D eigenvalue weighted by Crippen LogP contribution is -2.29. The summed E-state index contributed by atoms with van der Waals surface area (Å²) < 4.78 is 31.8. The highest BCUT2D eigenvalue weighted by Crippen LogP contribution is 2.31. The maximum atomic E-state index is 13.4. The Hall–Kier alpha value is -1.32. The van der Waals surface area contributed by atoms with Crippen LogP contribution in [0.1, 0.15) is 27.7 Å². The van der Waals surface area contributed by atoms with Crippen molar-refractivity contribution < 1.29 is 13.5 Å². The number of benzene rings is 1. The summed E-state index contributed by atoms with van der Waals surface area (Å²) in [5.41, 5.74) is 5.48. The molecule has 1 atom stereocenters. The Balaban J connectivity index is 3.02. The molecule has 2 nitrogen and oxygen atoms in total. The molecule has 0 heterocycles. The van der Waals surface area contributed by atoms with Crippen molar-refractivity contribution in [1.82, 2.24) is 0 Å². The fourth-order valence-electron chi connectivity index (χ4n) is 1.02. The molecule has 0 aliphatic heterocycles. The fourth-order valence-corrected chi connectivity index (χ4v) is 1.02. The minimum atomic E-state index is -1.03. The number of halogens is 2. The SMILES string of the molecule is CC(Oc1c(N)ccc(F)c1F)C(C)(C)C. The van der Waals surface area contributed by atoms with Crippen molar-refractivity contribution in [2.24, 2.45) is 5.41 Å². The van der Waals surface area contributed by atoms with Gasteiger partial charge in [-0.1, -0.05) is 20.8 Å². The monoisotopic (exact) mass is 229 g/mol. The van der Waals surface area contributed by atoms with Crippen LogP contribution in [-0.4, -0.2) is 6.10 Å². The molecule has 2 N–H and O–H groups in total. The van der Waals surface area contributed by atoms with Crippen LogP contribution >= 0.6 is 0 Å². The maximum Gasteiger partial charge on any atom is 0.202 e. The molecule has 0 amide bonds. The molecule has 1 aromatic carbocycles. The highest BCUT2D eigenvalue weighted by Gasteiger charge is 2.24. The third kappa shape index (κ3) is 2.62. The molecule has 90 valence electrons. The summed E-state index contributed by atoms with van der Waals surface area (Å²) in [6.45, 7) is 7.64. The standard InChI is InChI=1S/C12H17F2NO/c1-7(12(2,3)4)16-11-9(15)6-5-8(13)10(11)14/h5-7H,15H2,1-4H3. The Labute approximate surface area is 94.4 Å². The van der Waals surface area contributed by atoms with Crippen LogP contribution in [-0.2, 0) is 0 Å². The van der Waals surface area contributed by atoms with Crippen molar-refractivity contribution in [2.75, 3.05) is 5.73 Å². The van der Waals surface area contributed by atoms with Crippen molar-refractivity contribution in [3.05, 3.63) is 23.8 Å². The number of nitrogen functional groups attached to an aromatic ring is 1. The molecule has 16 heavy (non-hydrogen) atoms. The number of nitrogens with two attached hydrogens (primary N) is 1. The molecular weight excluding hydrogens is 212 g/mol. The van der Waals surface area contributed by atoms with Gasteiger partial charge in [0.05, 0.1) is 5.69 Å². The van der Waals surface area contributed by atoms with E-state index in [2.05, 4.69) is 0 Å². The summed E-state index contributed by atoms with van der Waals surface area (Å²) in [7, 11) is 0.